The summed E-state index contributed by atoms with van der Waals surface area (Å²) in [6.45, 7) is 1.72. The Morgan fingerprint density at radius 3 is 3.00 bits per heavy atom. The quantitative estimate of drug-likeness (QED) is 0.731. The Morgan fingerprint density at radius 2 is 2.09 bits per heavy atom. The molecule has 0 fully saturated rings. The van der Waals surface area contributed by atoms with Crippen LogP contribution in [0.2, 0.25) is 0 Å². The summed E-state index contributed by atoms with van der Waals surface area (Å²) >= 11 is 3.59. The van der Waals surface area contributed by atoms with Gasteiger partial charge in [0.1, 0.15) is 10.7 Å². The van der Waals surface area contributed by atoms with Crippen molar-refractivity contribution in [2.45, 2.75) is 43.9 Å². The maximum Gasteiger partial charge on any atom is 0.168 e. The standard InChI is InChI=1S/C15H16N6S2/c1-2-4-13-11(3-1)17-14(23-13)12-9-21(19-18-12)8-10-7-20-5-6-22-15(20)16-10/h7,9H,1-6,8H2. The lowest BCUT2D eigenvalue weighted by Gasteiger charge is -2.06. The summed E-state index contributed by atoms with van der Waals surface area (Å²) < 4.78 is 4.07. The van der Waals surface area contributed by atoms with Crippen molar-refractivity contribution >= 4 is 23.1 Å². The van der Waals surface area contributed by atoms with Crippen molar-refractivity contribution in [2.75, 3.05) is 5.75 Å². The fourth-order valence-electron chi connectivity index (χ4n) is 3.14. The minimum Gasteiger partial charge on any atom is -0.325 e. The first-order chi connectivity index (χ1) is 11.3. The van der Waals surface area contributed by atoms with Gasteiger partial charge in [-0.25, -0.2) is 14.6 Å². The molecule has 0 bridgehead atoms. The molecule has 4 heterocycles. The molecule has 1 aliphatic heterocycles. The zero-order valence-electron chi connectivity index (χ0n) is 12.6. The van der Waals surface area contributed by atoms with Crippen molar-refractivity contribution in [3.8, 4) is 10.7 Å². The van der Waals surface area contributed by atoms with E-state index < -0.39 is 0 Å². The Morgan fingerprint density at radius 1 is 1.13 bits per heavy atom. The largest absolute Gasteiger partial charge is 0.325 e. The van der Waals surface area contributed by atoms with Gasteiger partial charge in [0.15, 0.2) is 5.16 Å². The molecular formula is C15H16N6S2. The zero-order valence-corrected chi connectivity index (χ0v) is 14.2. The van der Waals surface area contributed by atoms with Crippen LogP contribution < -0.4 is 0 Å². The van der Waals surface area contributed by atoms with Crippen molar-refractivity contribution < 1.29 is 0 Å². The summed E-state index contributed by atoms with van der Waals surface area (Å²) in [6.07, 6.45) is 8.92. The SMILES string of the molecule is c1c(-c2nc3c(s2)CCCC3)nnn1Cc1cn2c(n1)SCC2. The molecule has 6 nitrogen and oxygen atoms in total. The van der Waals surface area contributed by atoms with Gasteiger partial charge >= 0.3 is 0 Å². The van der Waals surface area contributed by atoms with Gasteiger partial charge in [-0.2, -0.15) is 0 Å². The van der Waals surface area contributed by atoms with Gasteiger partial charge in [0.2, 0.25) is 0 Å². The summed E-state index contributed by atoms with van der Waals surface area (Å²) in [5.74, 6) is 1.13. The van der Waals surface area contributed by atoms with E-state index in [1.165, 1.54) is 29.8 Å². The van der Waals surface area contributed by atoms with Gasteiger partial charge in [-0.3, -0.25) is 0 Å². The maximum absolute atomic E-state index is 4.76. The van der Waals surface area contributed by atoms with E-state index >= 15 is 0 Å². The third-order valence-electron chi connectivity index (χ3n) is 4.28. The van der Waals surface area contributed by atoms with Crippen LogP contribution in [0.1, 0.15) is 29.1 Å². The molecule has 0 radical (unpaired) electrons. The molecule has 0 saturated carbocycles. The minimum absolute atomic E-state index is 0.665. The second-order valence-corrected chi connectivity index (χ2v) is 8.10. The number of thioether (sulfide) groups is 1. The smallest absolute Gasteiger partial charge is 0.168 e. The molecule has 2 aliphatic rings. The molecule has 0 atom stereocenters. The predicted molar refractivity (Wildman–Crippen MR) is 89.8 cm³/mol. The Balaban J connectivity index is 1.38. The van der Waals surface area contributed by atoms with E-state index in [4.69, 9.17) is 4.98 Å². The van der Waals surface area contributed by atoms with Crippen LogP contribution in [0.5, 0.6) is 0 Å². The fraction of sp³-hybridized carbons (Fsp3) is 0.467. The number of imidazole rings is 1. The number of fused-ring (bicyclic) bond motifs is 2. The maximum atomic E-state index is 4.76. The molecule has 0 amide bonds. The molecule has 23 heavy (non-hydrogen) atoms. The molecule has 3 aromatic rings. The lowest BCUT2D eigenvalue weighted by atomic mass is 10.0. The molecule has 1 aliphatic carbocycles. The van der Waals surface area contributed by atoms with E-state index in [1.54, 1.807) is 11.3 Å². The van der Waals surface area contributed by atoms with Crippen molar-refractivity contribution in [2.24, 2.45) is 0 Å². The van der Waals surface area contributed by atoms with Crippen molar-refractivity contribution in [3.05, 3.63) is 28.7 Å². The van der Waals surface area contributed by atoms with E-state index in [0.717, 1.165) is 40.3 Å². The highest BCUT2D eigenvalue weighted by molar-refractivity contribution is 7.99. The summed E-state index contributed by atoms with van der Waals surface area (Å²) in [5.41, 5.74) is 3.20. The van der Waals surface area contributed by atoms with E-state index in [0.29, 0.717) is 6.54 Å². The average Bonchev–Trinajstić information content (AvgIpc) is 3.29. The second kappa shape index (κ2) is 5.45. The van der Waals surface area contributed by atoms with Gasteiger partial charge in [0, 0.05) is 23.4 Å². The third kappa shape index (κ3) is 2.49. The first kappa shape index (κ1) is 13.7. The van der Waals surface area contributed by atoms with Crippen LogP contribution in [0.15, 0.2) is 17.6 Å². The van der Waals surface area contributed by atoms with Crippen LogP contribution >= 0.6 is 23.1 Å². The van der Waals surface area contributed by atoms with E-state index in [2.05, 4.69) is 26.1 Å². The van der Waals surface area contributed by atoms with Gasteiger partial charge in [-0.1, -0.05) is 17.0 Å². The molecule has 3 aromatic heterocycles. The second-order valence-electron chi connectivity index (χ2n) is 5.95. The highest BCUT2D eigenvalue weighted by Gasteiger charge is 2.18. The van der Waals surface area contributed by atoms with Crippen LogP contribution in [0.3, 0.4) is 0 Å². The highest BCUT2D eigenvalue weighted by Crippen LogP contribution is 2.31. The first-order valence-electron chi connectivity index (χ1n) is 7.93. The topological polar surface area (TPSA) is 61.4 Å². The molecule has 118 valence electrons. The Bertz CT molecular complexity index is 816. The number of rotatable bonds is 3. The highest BCUT2D eigenvalue weighted by atomic mass is 32.2. The Hall–Kier alpha value is -1.67. The molecule has 0 saturated heterocycles. The van der Waals surface area contributed by atoms with E-state index in [9.17, 15) is 0 Å². The van der Waals surface area contributed by atoms with Crippen molar-refractivity contribution in [1.82, 2.24) is 29.5 Å². The molecular weight excluding hydrogens is 328 g/mol. The van der Waals surface area contributed by atoms with E-state index in [1.807, 2.05) is 22.6 Å². The average molecular weight is 344 g/mol. The summed E-state index contributed by atoms with van der Waals surface area (Å²) in [7, 11) is 0. The first-order valence-corrected chi connectivity index (χ1v) is 9.73. The van der Waals surface area contributed by atoms with Crippen molar-refractivity contribution in [3.63, 3.8) is 0 Å². The number of hydrogen-bond donors (Lipinski definition) is 0. The third-order valence-corrected chi connectivity index (χ3v) is 6.43. The number of hydrogen-bond acceptors (Lipinski definition) is 6. The Kier molecular flexibility index (Phi) is 3.26. The Labute approximate surface area is 142 Å². The van der Waals surface area contributed by atoms with Crippen LogP contribution in [-0.4, -0.2) is 35.3 Å². The number of thiazole rings is 1. The molecule has 8 heteroatoms. The molecule has 0 spiro atoms. The normalized spacial score (nSPS) is 16.5. The predicted octanol–water partition coefficient (Wildman–Crippen LogP) is 2.63. The van der Waals surface area contributed by atoms with Crippen LogP contribution in [-0.2, 0) is 25.9 Å². The monoisotopic (exact) mass is 344 g/mol. The van der Waals surface area contributed by atoms with Gasteiger partial charge in [-0.05, 0) is 25.7 Å². The number of aromatic nitrogens is 6. The minimum atomic E-state index is 0.665. The molecule has 0 aromatic carbocycles. The fourth-order valence-corrected chi connectivity index (χ4v) is 5.20. The lowest BCUT2D eigenvalue weighted by molar-refractivity contribution is 0.639. The molecule has 0 unspecified atom stereocenters. The summed E-state index contributed by atoms with van der Waals surface area (Å²) in [6, 6.07) is 0. The number of aryl methyl sites for hydroxylation is 3. The zero-order chi connectivity index (χ0) is 15.2. The van der Waals surface area contributed by atoms with Crippen LogP contribution in [0, 0.1) is 0 Å². The van der Waals surface area contributed by atoms with E-state index in [-0.39, 0.29) is 0 Å². The summed E-state index contributed by atoms with van der Waals surface area (Å²) in [4.78, 5) is 10.8. The lowest BCUT2D eigenvalue weighted by Crippen LogP contribution is -2.01. The van der Waals surface area contributed by atoms with Crippen LogP contribution in [0.25, 0.3) is 10.7 Å². The summed E-state index contributed by atoms with van der Waals surface area (Å²) in [5, 5.41) is 10.7. The van der Waals surface area contributed by atoms with Gasteiger partial charge in [0.25, 0.3) is 0 Å². The van der Waals surface area contributed by atoms with Gasteiger partial charge < -0.3 is 4.57 Å². The molecule has 5 rings (SSSR count). The van der Waals surface area contributed by atoms with Crippen molar-refractivity contribution in [1.29, 1.82) is 0 Å². The van der Waals surface area contributed by atoms with Gasteiger partial charge in [0.05, 0.1) is 24.1 Å². The number of nitrogens with zero attached hydrogens (tertiary/aromatic N) is 6. The van der Waals surface area contributed by atoms with Gasteiger partial charge in [-0.15, -0.1) is 16.4 Å². The van der Waals surface area contributed by atoms with Crippen LogP contribution in [0.4, 0.5) is 0 Å². The molecule has 0 N–H and O–H groups in total.